The minimum atomic E-state index is -0.667. The van der Waals surface area contributed by atoms with Crippen LogP contribution in [0.4, 0.5) is 0 Å². The molecule has 0 radical (unpaired) electrons. The fourth-order valence-electron chi connectivity index (χ4n) is 5.78. The number of esters is 1. The Hall–Kier alpha value is -2.36. The van der Waals surface area contributed by atoms with E-state index in [1.54, 1.807) is 0 Å². The summed E-state index contributed by atoms with van der Waals surface area (Å²) in [6, 6.07) is 0. The molecular weight excluding hydrogens is 592 g/mol. The van der Waals surface area contributed by atoms with Gasteiger partial charge in [0.05, 0.1) is 6.10 Å². The van der Waals surface area contributed by atoms with Gasteiger partial charge in [0.1, 0.15) is 0 Å². The van der Waals surface area contributed by atoms with Crippen LogP contribution in [0.2, 0.25) is 0 Å². The van der Waals surface area contributed by atoms with Crippen LogP contribution in [0.1, 0.15) is 200 Å². The smallest absolute Gasteiger partial charge is 0.306 e. The average molecular weight is 669 g/mol. The van der Waals surface area contributed by atoms with Gasteiger partial charge in [-0.25, -0.2) is 0 Å². The Morgan fingerprint density at radius 3 is 1.27 bits per heavy atom. The van der Waals surface area contributed by atoms with Crippen molar-refractivity contribution in [2.75, 3.05) is 0 Å². The van der Waals surface area contributed by atoms with Gasteiger partial charge in [-0.3, -0.25) is 9.59 Å². The van der Waals surface area contributed by atoms with Gasteiger partial charge in [-0.15, -0.1) is 0 Å². The van der Waals surface area contributed by atoms with Crippen LogP contribution in [-0.4, -0.2) is 23.1 Å². The molecule has 0 aromatic heterocycles. The molecule has 1 N–H and O–H groups in total. The minimum Gasteiger partial charge on any atom is -0.481 e. The predicted octanol–water partition coefficient (Wildman–Crippen LogP) is 14.1. The summed E-state index contributed by atoms with van der Waals surface area (Å²) in [7, 11) is 0. The zero-order valence-corrected chi connectivity index (χ0v) is 31.5. The molecule has 0 spiro atoms. The molecule has 0 aliphatic carbocycles. The number of carboxylic acids is 1. The summed E-state index contributed by atoms with van der Waals surface area (Å²) in [6.07, 6.45) is 55.2. The van der Waals surface area contributed by atoms with Crippen molar-refractivity contribution in [3.63, 3.8) is 0 Å². The van der Waals surface area contributed by atoms with Gasteiger partial charge in [0.15, 0.2) is 0 Å². The van der Waals surface area contributed by atoms with Crippen molar-refractivity contribution in [3.05, 3.63) is 60.8 Å². The molecule has 276 valence electrons. The maximum absolute atomic E-state index is 12.2. The quantitative estimate of drug-likeness (QED) is 0.0410. The average Bonchev–Trinajstić information content (AvgIpc) is 3.06. The van der Waals surface area contributed by atoms with Crippen LogP contribution in [0.5, 0.6) is 0 Å². The Kier molecular flexibility index (Phi) is 37.2. The van der Waals surface area contributed by atoms with Crippen molar-refractivity contribution < 1.29 is 19.4 Å². The molecule has 4 heteroatoms. The van der Waals surface area contributed by atoms with Crippen LogP contribution in [0.3, 0.4) is 0 Å². The molecule has 0 heterocycles. The van der Waals surface area contributed by atoms with Crippen molar-refractivity contribution in [1.82, 2.24) is 0 Å². The molecule has 1 unspecified atom stereocenters. The summed E-state index contributed by atoms with van der Waals surface area (Å²) in [5.74, 6) is -0.684. The lowest BCUT2D eigenvalue weighted by atomic mass is 10.0. The Morgan fingerprint density at radius 2 is 0.833 bits per heavy atom. The number of ether oxygens (including phenoxy) is 1. The number of carboxylic acid groups (broad SMARTS) is 1. The molecule has 0 fully saturated rings. The number of rotatable bonds is 36. The van der Waals surface area contributed by atoms with Gasteiger partial charge in [0.2, 0.25) is 0 Å². The van der Waals surface area contributed by atoms with E-state index in [0.29, 0.717) is 12.8 Å². The molecule has 1 atom stereocenters. The minimum absolute atomic E-state index is 0.0166. The van der Waals surface area contributed by atoms with Gasteiger partial charge in [-0.2, -0.15) is 0 Å². The van der Waals surface area contributed by atoms with E-state index in [1.165, 1.54) is 96.3 Å². The summed E-state index contributed by atoms with van der Waals surface area (Å²) < 4.78 is 5.64. The largest absolute Gasteiger partial charge is 0.481 e. The lowest BCUT2D eigenvalue weighted by Crippen LogP contribution is -2.14. The van der Waals surface area contributed by atoms with Crippen LogP contribution in [0.25, 0.3) is 0 Å². The van der Waals surface area contributed by atoms with Crippen molar-refractivity contribution in [2.45, 2.75) is 206 Å². The molecule has 0 aromatic carbocycles. The maximum Gasteiger partial charge on any atom is 0.306 e. The molecule has 0 saturated carbocycles. The standard InChI is InChI=1S/C44H76O4/c1-3-4-5-6-7-8-9-10-11-12-13-14-15-16-20-23-26-29-32-35-38-41-44(47)48-42(2)39-36-33-30-27-24-21-18-17-19-22-25-28-31-34-37-40-43(45)46/h4-5,7-8,10-11,13-14,16,20,42H,3,6,9,12,15,17-19,21-41H2,1-2H3,(H,45,46)/b5-4-,8-7-,11-10-,14-13-,20-16-. The summed E-state index contributed by atoms with van der Waals surface area (Å²) in [5.41, 5.74) is 0. The van der Waals surface area contributed by atoms with E-state index >= 15 is 0 Å². The zero-order chi connectivity index (χ0) is 35.0. The van der Waals surface area contributed by atoms with Gasteiger partial charge < -0.3 is 9.84 Å². The monoisotopic (exact) mass is 669 g/mol. The lowest BCUT2D eigenvalue weighted by Gasteiger charge is -2.13. The van der Waals surface area contributed by atoms with Crippen LogP contribution >= 0.6 is 0 Å². The second kappa shape index (κ2) is 39.1. The van der Waals surface area contributed by atoms with Gasteiger partial charge in [-0.05, 0) is 77.6 Å². The van der Waals surface area contributed by atoms with Gasteiger partial charge in [0, 0.05) is 12.8 Å². The fourth-order valence-corrected chi connectivity index (χ4v) is 5.78. The second-order valence-electron chi connectivity index (χ2n) is 13.6. The summed E-state index contributed by atoms with van der Waals surface area (Å²) in [6.45, 7) is 4.21. The van der Waals surface area contributed by atoms with E-state index in [-0.39, 0.29) is 12.1 Å². The molecule has 0 aliphatic rings. The predicted molar refractivity (Wildman–Crippen MR) is 208 cm³/mol. The SMILES string of the molecule is CC/C=C\C/C=C\C/C=C\C/C=C\C/C=C\CCCCCCCC(=O)OC(C)CCCCCCCCCCCCCCCCCC(=O)O. The van der Waals surface area contributed by atoms with Crippen LogP contribution in [-0.2, 0) is 14.3 Å². The number of carbonyl (C=O) groups is 2. The molecular formula is C44H76O4. The molecule has 48 heavy (non-hydrogen) atoms. The highest BCUT2D eigenvalue weighted by Crippen LogP contribution is 2.15. The van der Waals surface area contributed by atoms with E-state index in [9.17, 15) is 9.59 Å². The van der Waals surface area contributed by atoms with Crippen molar-refractivity contribution in [1.29, 1.82) is 0 Å². The number of allylic oxidation sites excluding steroid dienone is 10. The molecule has 0 saturated heterocycles. The number of aliphatic carboxylic acids is 1. The molecule has 0 bridgehead atoms. The Morgan fingerprint density at radius 1 is 0.479 bits per heavy atom. The topological polar surface area (TPSA) is 63.6 Å². The van der Waals surface area contributed by atoms with Crippen LogP contribution < -0.4 is 0 Å². The highest BCUT2D eigenvalue weighted by molar-refractivity contribution is 5.69. The highest BCUT2D eigenvalue weighted by atomic mass is 16.5. The van der Waals surface area contributed by atoms with Gasteiger partial charge in [0.25, 0.3) is 0 Å². The third-order valence-electron chi connectivity index (χ3n) is 8.74. The first kappa shape index (κ1) is 45.6. The first-order valence-electron chi connectivity index (χ1n) is 20.2. The number of carbonyl (C=O) groups excluding carboxylic acids is 1. The van der Waals surface area contributed by atoms with Crippen molar-refractivity contribution in [3.8, 4) is 0 Å². The van der Waals surface area contributed by atoms with Gasteiger partial charge >= 0.3 is 11.9 Å². The van der Waals surface area contributed by atoms with Crippen LogP contribution in [0.15, 0.2) is 60.8 Å². The first-order valence-corrected chi connectivity index (χ1v) is 20.2. The lowest BCUT2D eigenvalue weighted by molar-refractivity contribution is -0.148. The van der Waals surface area contributed by atoms with E-state index in [0.717, 1.165) is 77.0 Å². The highest BCUT2D eigenvalue weighted by Gasteiger charge is 2.09. The number of hydrogen-bond donors (Lipinski definition) is 1. The maximum atomic E-state index is 12.2. The van der Waals surface area contributed by atoms with E-state index < -0.39 is 5.97 Å². The van der Waals surface area contributed by atoms with Crippen molar-refractivity contribution >= 4 is 11.9 Å². The third kappa shape index (κ3) is 39.8. The van der Waals surface area contributed by atoms with Gasteiger partial charge in [-0.1, -0.05) is 170 Å². The molecule has 0 aliphatic heterocycles. The number of unbranched alkanes of at least 4 members (excludes halogenated alkanes) is 19. The third-order valence-corrected chi connectivity index (χ3v) is 8.74. The van der Waals surface area contributed by atoms with E-state index in [2.05, 4.69) is 67.7 Å². The molecule has 0 amide bonds. The Balaban J connectivity index is 3.41. The molecule has 0 aromatic rings. The normalized spacial score (nSPS) is 12.9. The van der Waals surface area contributed by atoms with Crippen LogP contribution in [0, 0.1) is 0 Å². The van der Waals surface area contributed by atoms with E-state index in [4.69, 9.17) is 9.84 Å². The zero-order valence-electron chi connectivity index (χ0n) is 31.5. The number of hydrogen-bond acceptors (Lipinski definition) is 3. The second-order valence-corrected chi connectivity index (χ2v) is 13.6. The fraction of sp³-hybridized carbons (Fsp3) is 0.727. The Bertz CT molecular complexity index is 850. The molecule has 0 rings (SSSR count). The first-order chi connectivity index (χ1) is 23.6. The van der Waals surface area contributed by atoms with Crippen molar-refractivity contribution in [2.24, 2.45) is 0 Å². The molecule has 4 nitrogen and oxygen atoms in total. The Labute approximate surface area is 297 Å². The van der Waals surface area contributed by atoms with E-state index in [1.807, 2.05) is 6.92 Å². The summed E-state index contributed by atoms with van der Waals surface area (Å²) >= 11 is 0. The summed E-state index contributed by atoms with van der Waals surface area (Å²) in [4.78, 5) is 22.7. The summed E-state index contributed by atoms with van der Waals surface area (Å²) in [5, 5.41) is 8.65.